The number of hydrogen-bond donors (Lipinski definition) is 0. The Balaban J connectivity index is 0.000000637. The fourth-order valence-electron chi connectivity index (χ4n) is 2.75. The summed E-state index contributed by atoms with van der Waals surface area (Å²) in [5.41, 5.74) is 6.01. The molecule has 0 N–H and O–H groups in total. The highest BCUT2D eigenvalue weighted by Gasteiger charge is 2.44. The Kier molecular flexibility index (Phi) is 4.82. The van der Waals surface area contributed by atoms with Gasteiger partial charge in [-0.2, -0.15) is 0 Å². The number of hydrogen-bond acceptors (Lipinski definition) is 0. The maximum Gasteiger partial charge on any atom is -0.0130 e. The summed E-state index contributed by atoms with van der Waals surface area (Å²) in [4.78, 5) is 0. The molecule has 3 atom stereocenters. The average molecular weight is 252 g/mol. The summed E-state index contributed by atoms with van der Waals surface area (Å²) < 4.78 is 0. The zero-order valence-corrected chi connectivity index (χ0v) is 12.3. The molecule has 0 aliphatic heterocycles. The average Bonchev–Trinajstić information content (AvgIpc) is 3.18. The second-order valence-electron chi connectivity index (χ2n) is 5.22. The summed E-state index contributed by atoms with van der Waals surface area (Å²) in [6, 6.07) is 0. The van der Waals surface area contributed by atoms with Crippen LogP contribution in [0.4, 0.5) is 0 Å². The van der Waals surface area contributed by atoms with Gasteiger partial charge in [0.2, 0.25) is 0 Å². The minimum absolute atomic E-state index is 0.843. The van der Waals surface area contributed by atoms with E-state index < -0.39 is 0 Å². The van der Waals surface area contributed by atoms with Crippen molar-refractivity contribution in [1.29, 1.82) is 0 Å². The molecule has 100 valence electrons. The topological polar surface area (TPSA) is 0 Å². The maximum atomic E-state index is 3.09. The third-order valence-corrected chi connectivity index (χ3v) is 4.06. The first-order chi connectivity index (χ1) is 9.34. The van der Waals surface area contributed by atoms with Crippen LogP contribution in [0, 0.1) is 17.8 Å². The minimum atomic E-state index is 0.843. The predicted octanol–water partition coefficient (Wildman–Crippen LogP) is 5.38. The summed E-state index contributed by atoms with van der Waals surface area (Å²) in [7, 11) is 0. The molecule has 3 rings (SSSR count). The van der Waals surface area contributed by atoms with E-state index in [0.717, 1.165) is 30.6 Å². The van der Waals surface area contributed by atoms with Gasteiger partial charge in [-0.25, -0.2) is 0 Å². The molecule has 0 heteroatoms. The van der Waals surface area contributed by atoms with Crippen molar-refractivity contribution in [3.05, 3.63) is 65.5 Å². The van der Waals surface area contributed by atoms with Crippen LogP contribution in [0.1, 0.15) is 33.6 Å². The summed E-state index contributed by atoms with van der Waals surface area (Å²) in [5, 5.41) is 0. The van der Waals surface area contributed by atoms with E-state index in [-0.39, 0.29) is 0 Å². The van der Waals surface area contributed by atoms with Gasteiger partial charge in [0, 0.05) is 0 Å². The number of fused-ring (bicyclic) bond motifs is 1. The lowest BCUT2D eigenvalue weighted by Crippen LogP contribution is -1.89. The molecule has 0 bridgehead atoms. The molecule has 3 unspecified atom stereocenters. The van der Waals surface area contributed by atoms with Crippen LogP contribution in [0.2, 0.25) is 0 Å². The summed E-state index contributed by atoms with van der Waals surface area (Å²) in [5.74, 6) is 2.57. The zero-order valence-electron chi connectivity index (χ0n) is 12.3. The molecule has 0 aromatic rings. The van der Waals surface area contributed by atoms with E-state index in [1.165, 1.54) is 11.1 Å². The van der Waals surface area contributed by atoms with Gasteiger partial charge >= 0.3 is 0 Å². The van der Waals surface area contributed by atoms with Crippen LogP contribution >= 0.6 is 0 Å². The highest BCUT2D eigenvalue weighted by atomic mass is 14.5. The molecule has 0 aromatic heterocycles. The van der Waals surface area contributed by atoms with Gasteiger partial charge in [-0.05, 0) is 48.3 Å². The van der Waals surface area contributed by atoms with Crippen LogP contribution in [0.15, 0.2) is 65.5 Å². The van der Waals surface area contributed by atoms with E-state index >= 15 is 0 Å². The van der Waals surface area contributed by atoms with Crippen LogP contribution in [-0.2, 0) is 0 Å². The molecule has 0 aromatic carbocycles. The van der Waals surface area contributed by atoms with Gasteiger partial charge in [0.1, 0.15) is 0 Å². The first kappa shape index (κ1) is 13.9. The third kappa shape index (κ3) is 3.49. The van der Waals surface area contributed by atoms with Crippen LogP contribution in [0.3, 0.4) is 0 Å². The predicted molar refractivity (Wildman–Crippen MR) is 83.8 cm³/mol. The normalized spacial score (nSPS) is 29.7. The third-order valence-electron chi connectivity index (χ3n) is 4.06. The van der Waals surface area contributed by atoms with Crippen molar-refractivity contribution in [1.82, 2.24) is 0 Å². The molecular formula is C19H24. The van der Waals surface area contributed by atoms with Crippen LogP contribution < -0.4 is 0 Å². The van der Waals surface area contributed by atoms with Crippen molar-refractivity contribution < 1.29 is 0 Å². The standard InChI is InChI=1S/C17H18.C2H6/c1-13-16-11-10-15(12-17(13)16)9-8-14-6-4-2-3-5-7-14;1-2/h2,4-7,10-13,16-17H,8-9H2,1H3;1-2H3. The number of allylic oxidation sites excluding steroid dienone is 9. The van der Waals surface area contributed by atoms with E-state index in [4.69, 9.17) is 0 Å². The first-order valence-electron chi connectivity index (χ1n) is 7.52. The SMILES string of the molecule is CC.CC1C2C=CC(CCC3=CC=C=CC=C3)=CC12. The summed E-state index contributed by atoms with van der Waals surface area (Å²) in [6.07, 6.45) is 19.9. The second kappa shape index (κ2) is 6.59. The summed E-state index contributed by atoms with van der Waals surface area (Å²) in [6.45, 7) is 6.35. The molecule has 19 heavy (non-hydrogen) atoms. The molecule has 0 radical (unpaired) electrons. The Bertz CT molecular complexity index is 490. The Morgan fingerprint density at radius 3 is 2.58 bits per heavy atom. The maximum absolute atomic E-state index is 3.09. The van der Waals surface area contributed by atoms with Crippen molar-refractivity contribution in [3.63, 3.8) is 0 Å². The molecule has 0 spiro atoms. The van der Waals surface area contributed by atoms with Gasteiger partial charge in [-0.15, -0.1) is 5.73 Å². The largest absolute Gasteiger partial charge is 0.121 e. The van der Waals surface area contributed by atoms with E-state index in [1.54, 1.807) is 0 Å². The molecule has 0 nitrogen and oxygen atoms in total. The number of rotatable bonds is 3. The van der Waals surface area contributed by atoms with E-state index in [9.17, 15) is 0 Å². The highest BCUT2D eigenvalue weighted by molar-refractivity contribution is 5.35. The van der Waals surface area contributed by atoms with Crippen molar-refractivity contribution >= 4 is 0 Å². The van der Waals surface area contributed by atoms with Crippen molar-refractivity contribution in [3.8, 4) is 0 Å². The lowest BCUT2D eigenvalue weighted by molar-refractivity contribution is 0.878. The van der Waals surface area contributed by atoms with Crippen LogP contribution in [0.25, 0.3) is 0 Å². The van der Waals surface area contributed by atoms with Crippen molar-refractivity contribution in [2.75, 3.05) is 0 Å². The fraction of sp³-hybridized carbons (Fsp3) is 0.421. The molecule has 3 aliphatic rings. The lowest BCUT2D eigenvalue weighted by atomic mass is 9.99. The molecule has 0 amide bonds. The van der Waals surface area contributed by atoms with Crippen LogP contribution in [0.5, 0.6) is 0 Å². The van der Waals surface area contributed by atoms with Crippen molar-refractivity contribution in [2.45, 2.75) is 33.6 Å². The Labute approximate surface area is 117 Å². The van der Waals surface area contributed by atoms with Gasteiger partial charge < -0.3 is 0 Å². The van der Waals surface area contributed by atoms with E-state index in [0.29, 0.717) is 0 Å². The Morgan fingerprint density at radius 1 is 1.00 bits per heavy atom. The van der Waals surface area contributed by atoms with E-state index in [1.807, 2.05) is 26.0 Å². The Hall–Kier alpha value is -1.52. The molecule has 0 heterocycles. The zero-order chi connectivity index (χ0) is 13.7. The van der Waals surface area contributed by atoms with Gasteiger partial charge in [0.15, 0.2) is 0 Å². The van der Waals surface area contributed by atoms with Gasteiger partial charge in [0.25, 0.3) is 0 Å². The minimum Gasteiger partial charge on any atom is -0.121 e. The van der Waals surface area contributed by atoms with Gasteiger partial charge in [0.05, 0.1) is 0 Å². The van der Waals surface area contributed by atoms with Crippen molar-refractivity contribution in [2.24, 2.45) is 17.8 Å². The first-order valence-corrected chi connectivity index (χ1v) is 7.52. The smallest absolute Gasteiger partial charge is 0.0130 e. The van der Waals surface area contributed by atoms with Gasteiger partial charge in [-0.1, -0.05) is 62.8 Å². The van der Waals surface area contributed by atoms with E-state index in [2.05, 4.69) is 49.1 Å². The monoisotopic (exact) mass is 252 g/mol. The Morgan fingerprint density at radius 2 is 1.79 bits per heavy atom. The summed E-state index contributed by atoms with van der Waals surface area (Å²) >= 11 is 0. The molecule has 3 aliphatic carbocycles. The molecular weight excluding hydrogens is 228 g/mol. The molecule has 0 saturated heterocycles. The lowest BCUT2D eigenvalue weighted by Gasteiger charge is -2.06. The molecule has 1 fully saturated rings. The second-order valence-corrected chi connectivity index (χ2v) is 5.22. The molecule has 1 saturated carbocycles. The highest BCUT2D eigenvalue weighted by Crippen LogP contribution is 2.51. The quantitative estimate of drug-likeness (QED) is 0.592. The van der Waals surface area contributed by atoms with Crippen LogP contribution in [-0.4, -0.2) is 0 Å². The fourth-order valence-corrected chi connectivity index (χ4v) is 2.75. The van der Waals surface area contributed by atoms with Gasteiger partial charge in [-0.3, -0.25) is 0 Å².